The van der Waals surface area contributed by atoms with E-state index in [-0.39, 0.29) is 17.5 Å². The third-order valence-electron chi connectivity index (χ3n) is 3.33. The van der Waals surface area contributed by atoms with Crippen LogP contribution in [0.4, 0.5) is 0 Å². The zero-order valence-electron chi connectivity index (χ0n) is 12.4. The highest BCUT2D eigenvalue weighted by Gasteiger charge is 2.22. The predicted octanol–water partition coefficient (Wildman–Crippen LogP) is 2.22. The van der Waals surface area contributed by atoms with Gasteiger partial charge >= 0.3 is 0 Å². The van der Waals surface area contributed by atoms with Gasteiger partial charge in [0.15, 0.2) is 0 Å². The molecule has 0 aliphatic heterocycles. The summed E-state index contributed by atoms with van der Waals surface area (Å²) in [5, 5.41) is 9.24. The molecule has 1 atom stereocenters. The summed E-state index contributed by atoms with van der Waals surface area (Å²) in [4.78, 5) is 0.265. The number of sulfonamides is 1. The zero-order chi connectivity index (χ0) is 15.3. The molecule has 0 aliphatic rings. The lowest BCUT2D eigenvalue weighted by Crippen LogP contribution is -2.36. The van der Waals surface area contributed by atoms with Crippen molar-refractivity contribution in [2.75, 3.05) is 12.0 Å². The summed E-state index contributed by atoms with van der Waals surface area (Å²) >= 11 is 1.62. The summed E-state index contributed by atoms with van der Waals surface area (Å²) in [5.41, 5.74) is 2.22. The van der Waals surface area contributed by atoms with Gasteiger partial charge in [-0.15, -0.1) is 0 Å². The molecule has 0 amide bonds. The molecule has 1 rings (SSSR count). The van der Waals surface area contributed by atoms with E-state index in [2.05, 4.69) is 4.72 Å². The van der Waals surface area contributed by atoms with E-state index in [0.29, 0.717) is 5.56 Å². The third-order valence-corrected chi connectivity index (χ3v) is 5.72. The Morgan fingerprint density at radius 2 is 2.00 bits per heavy atom. The highest BCUT2D eigenvalue weighted by molar-refractivity contribution is 7.98. The number of benzene rings is 1. The van der Waals surface area contributed by atoms with Gasteiger partial charge in [-0.25, -0.2) is 13.1 Å². The van der Waals surface area contributed by atoms with Gasteiger partial charge < -0.3 is 5.11 Å². The Morgan fingerprint density at radius 1 is 1.35 bits per heavy atom. The molecule has 6 heteroatoms. The smallest absolute Gasteiger partial charge is 0.241 e. The fourth-order valence-corrected chi connectivity index (χ4v) is 4.50. The molecule has 114 valence electrons. The molecule has 20 heavy (non-hydrogen) atoms. The van der Waals surface area contributed by atoms with E-state index in [1.165, 1.54) is 0 Å². The Balaban J connectivity index is 3.18. The van der Waals surface area contributed by atoms with E-state index >= 15 is 0 Å². The van der Waals surface area contributed by atoms with Crippen molar-refractivity contribution in [1.29, 1.82) is 0 Å². The van der Waals surface area contributed by atoms with Crippen molar-refractivity contribution in [2.45, 2.75) is 44.7 Å². The van der Waals surface area contributed by atoms with Crippen LogP contribution < -0.4 is 4.72 Å². The molecule has 2 N–H and O–H groups in total. The maximum absolute atomic E-state index is 12.5. The minimum atomic E-state index is -3.55. The van der Waals surface area contributed by atoms with Gasteiger partial charge in [-0.1, -0.05) is 13.0 Å². The highest BCUT2D eigenvalue weighted by atomic mass is 32.2. The van der Waals surface area contributed by atoms with Crippen molar-refractivity contribution in [3.63, 3.8) is 0 Å². The molecule has 1 unspecified atom stereocenters. The number of thioether (sulfide) groups is 1. The Morgan fingerprint density at radius 3 is 2.50 bits per heavy atom. The van der Waals surface area contributed by atoms with Crippen LogP contribution in [-0.4, -0.2) is 31.6 Å². The first-order chi connectivity index (χ1) is 9.35. The normalized spacial score (nSPS) is 13.4. The number of hydrogen-bond donors (Lipinski definition) is 2. The van der Waals surface area contributed by atoms with Crippen LogP contribution in [0.5, 0.6) is 0 Å². The van der Waals surface area contributed by atoms with Crippen LogP contribution in [0.15, 0.2) is 17.0 Å². The van der Waals surface area contributed by atoms with Crippen molar-refractivity contribution < 1.29 is 13.5 Å². The lowest BCUT2D eigenvalue weighted by molar-refractivity contribution is 0.281. The van der Waals surface area contributed by atoms with E-state index in [1.54, 1.807) is 24.8 Å². The minimum absolute atomic E-state index is 0.0764. The number of aliphatic hydroxyl groups is 1. The molecule has 1 aromatic rings. The van der Waals surface area contributed by atoms with Gasteiger partial charge in [0.05, 0.1) is 11.5 Å². The van der Waals surface area contributed by atoms with Gasteiger partial charge in [0.25, 0.3) is 0 Å². The van der Waals surface area contributed by atoms with E-state index < -0.39 is 10.0 Å². The lowest BCUT2D eigenvalue weighted by Gasteiger charge is -2.18. The van der Waals surface area contributed by atoms with E-state index in [9.17, 15) is 13.5 Å². The molecule has 0 spiro atoms. The van der Waals surface area contributed by atoms with Gasteiger partial charge in [-0.2, -0.15) is 11.8 Å². The standard InChI is InChI=1S/C14H23NO3S2/c1-5-13(9-19-4)15-20(17,18)14-7-12(8-16)6-10(2)11(14)3/h6-7,13,15-16H,5,8-9H2,1-4H3. The molecule has 4 nitrogen and oxygen atoms in total. The molecule has 0 fully saturated rings. The second kappa shape index (κ2) is 7.45. The van der Waals surface area contributed by atoms with E-state index in [1.807, 2.05) is 26.2 Å². The van der Waals surface area contributed by atoms with Gasteiger partial charge in [0, 0.05) is 11.8 Å². The number of hydrogen-bond acceptors (Lipinski definition) is 4. The van der Waals surface area contributed by atoms with E-state index in [0.717, 1.165) is 23.3 Å². The van der Waals surface area contributed by atoms with Crippen molar-refractivity contribution in [2.24, 2.45) is 0 Å². The fraction of sp³-hybridized carbons (Fsp3) is 0.571. The molecule has 0 radical (unpaired) electrons. The Hall–Kier alpha value is -0.560. The largest absolute Gasteiger partial charge is 0.392 e. The number of aliphatic hydroxyl groups excluding tert-OH is 1. The quantitative estimate of drug-likeness (QED) is 0.809. The first-order valence-corrected chi connectivity index (χ1v) is 9.45. The van der Waals surface area contributed by atoms with Crippen LogP contribution in [0.1, 0.15) is 30.0 Å². The fourth-order valence-electron chi connectivity index (χ4n) is 1.99. The van der Waals surface area contributed by atoms with E-state index in [4.69, 9.17) is 0 Å². The first-order valence-electron chi connectivity index (χ1n) is 6.58. The number of aryl methyl sites for hydroxylation is 1. The monoisotopic (exact) mass is 317 g/mol. The molecule has 0 aromatic heterocycles. The summed E-state index contributed by atoms with van der Waals surface area (Å²) in [6, 6.07) is 3.29. The molecule has 0 bridgehead atoms. The first kappa shape index (κ1) is 17.5. The molecule has 0 aliphatic carbocycles. The topological polar surface area (TPSA) is 66.4 Å². The average Bonchev–Trinajstić information content (AvgIpc) is 2.40. The third kappa shape index (κ3) is 4.22. The highest BCUT2D eigenvalue weighted by Crippen LogP contribution is 2.22. The SMILES string of the molecule is CCC(CSC)NS(=O)(=O)c1cc(CO)cc(C)c1C. The van der Waals surface area contributed by atoms with Crippen LogP contribution in [-0.2, 0) is 16.6 Å². The van der Waals surface area contributed by atoms with Gasteiger partial charge in [-0.3, -0.25) is 0 Å². The van der Waals surface area contributed by atoms with Crippen LogP contribution in [0.2, 0.25) is 0 Å². The molecule has 1 aromatic carbocycles. The van der Waals surface area contributed by atoms with Gasteiger partial charge in [0.1, 0.15) is 0 Å². The van der Waals surface area contributed by atoms with Gasteiger partial charge in [-0.05, 0) is 49.3 Å². The van der Waals surface area contributed by atoms with Crippen molar-refractivity contribution in [3.05, 3.63) is 28.8 Å². The van der Waals surface area contributed by atoms with Crippen LogP contribution in [0, 0.1) is 13.8 Å². The minimum Gasteiger partial charge on any atom is -0.392 e. The Bertz CT molecular complexity index is 556. The maximum Gasteiger partial charge on any atom is 0.241 e. The average molecular weight is 317 g/mol. The van der Waals surface area contributed by atoms with Crippen molar-refractivity contribution in [1.82, 2.24) is 4.72 Å². The Labute approximate surface area is 126 Å². The summed E-state index contributed by atoms with van der Waals surface area (Å²) in [7, 11) is -3.55. The second-order valence-electron chi connectivity index (χ2n) is 4.88. The number of nitrogens with one attached hydrogen (secondary N) is 1. The van der Waals surface area contributed by atoms with Crippen LogP contribution >= 0.6 is 11.8 Å². The summed E-state index contributed by atoms with van der Waals surface area (Å²) in [6.07, 6.45) is 2.70. The molecule has 0 saturated heterocycles. The van der Waals surface area contributed by atoms with Crippen molar-refractivity contribution >= 4 is 21.8 Å². The predicted molar refractivity (Wildman–Crippen MR) is 84.6 cm³/mol. The Kier molecular flexibility index (Phi) is 6.51. The summed E-state index contributed by atoms with van der Waals surface area (Å²) < 4.78 is 27.8. The second-order valence-corrected chi connectivity index (χ2v) is 7.47. The molecule has 0 heterocycles. The molecular formula is C14H23NO3S2. The van der Waals surface area contributed by atoms with Crippen LogP contribution in [0.25, 0.3) is 0 Å². The summed E-state index contributed by atoms with van der Waals surface area (Å²) in [6.45, 7) is 5.45. The molecular weight excluding hydrogens is 294 g/mol. The van der Waals surface area contributed by atoms with Crippen molar-refractivity contribution in [3.8, 4) is 0 Å². The lowest BCUT2D eigenvalue weighted by atomic mass is 10.1. The van der Waals surface area contributed by atoms with Gasteiger partial charge in [0.2, 0.25) is 10.0 Å². The van der Waals surface area contributed by atoms with Crippen LogP contribution in [0.3, 0.4) is 0 Å². The number of rotatable bonds is 7. The maximum atomic E-state index is 12.5. The zero-order valence-corrected chi connectivity index (χ0v) is 14.1. The summed E-state index contributed by atoms with van der Waals surface area (Å²) in [5.74, 6) is 0.744. The molecule has 0 saturated carbocycles.